The molecule has 51 heavy (non-hydrogen) atoms. The number of non-ortho nitro benzene ring substituents is 1. The van der Waals surface area contributed by atoms with Crippen LogP contribution in [0.2, 0.25) is 5.02 Å². The molecule has 0 bridgehead atoms. The molecule has 0 spiro atoms. The number of nitrogens with zero attached hydrogens (tertiary/aromatic N) is 6. The topological polar surface area (TPSA) is 144 Å². The highest BCUT2D eigenvalue weighted by atomic mass is 35.5. The van der Waals surface area contributed by atoms with Crippen LogP contribution in [0.1, 0.15) is 51.8 Å². The van der Waals surface area contributed by atoms with Gasteiger partial charge < -0.3 is 14.0 Å². The predicted octanol–water partition coefficient (Wildman–Crippen LogP) is 6.58. The number of esters is 1. The maximum absolute atomic E-state index is 14.3. The monoisotopic (exact) mass is 744 g/mol. The van der Waals surface area contributed by atoms with Crippen molar-refractivity contribution < 1.29 is 19.2 Å². The third-order valence-corrected chi connectivity index (χ3v) is 10.2. The normalized spacial score (nSPS) is 14.4. The Kier molecular flexibility index (Phi) is 10.6. The number of fused-ring (bicyclic) bond motifs is 1. The summed E-state index contributed by atoms with van der Waals surface area (Å²) in [6, 6.07) is 18.1. The van der Waals surface area contributed by atoms with Crippen LogP contribution in [0.25, 0.3) is 17.5 Å². The lowest BCUT2D eigenvalue weighted by Gasteiger charge is -2.25. The maximum atomic E-state index is 14.3. The quantitative estimate of drug-likeness (QED) is 0.0833. The van der Waals surface area contributed by atoms with Crippen LogP contribution in [0, 0.1) is 10.1 Å². The second-order valence-corrected chi connectivity index (χ2v) is 14.1. The Labute approximate surface area is 305 Å². The van der Waals surface area contributed by atoms with Crippen LogP contribution in [0.5, 0.6) is 5.75 Å². The van der Waals surface area contributed by atoms with Gasteiger partial charge in [0.25, 0.3) is 11.2 Å². The lowest BCUT2D eigenvalue weighted by molar-refractivity contribution is -0.384. The van der Waals surface area contributed by atoms with Gasteiger partial charge in [-0.15, -0.1) is 10.2 Å². The number of allylic oxidation sites excluding steroid dienone is 1. The highest BCUT2D eigenvalue weighted by molar-refractivity contribution is 7.99. The minimum absolute atomic E-state index is 0.142. The Morgan fingerprint density at radius 1 is 1.12 bits per heavy atom. The average Bonchev–Trinajstić information content (AvgIpc) is 3.64. The van der Waals surface area contributed by atoms with E-state index in [4.69, 9.17) is 21.1 Å². The van der Waals surface area contributed by atoms with Crippen molar-refractivity contribution in [2.75, 3.05) is 6.61 Å². The van der Waals surface area contributed by atoms with Crippen LogP contribution in [-0.2, 0) is 16.1 Å². The van der Waals surface area contributed by atoms with Crippen LogP contribution in [-0.4, -0.2) is 42.9 Å². The molecule has 2 aromatic heterocycles. The van der Waals surface area contributed by atoms with Gasteiger partial charge in [0.2, 0.25) is 0 Å². The van der Waals surface area contributed by atoms with Crippen molar-refractivity contribution in [3.05, 3.63) is 124 Å². The van der Waals surface area contributed by atoms with E-state index in [0.717, 1.165) is 16.9 Å². The Hall–Kier alpha value is -5.05. The summed E-state index contributed by atoms with van der Waals surface area (Å²) in [5.74, 6) is 0.694. The average molecular weight is 745 g/mol. The number of halogens is 1. The Bertz CT molecular complexity index is 2360. The van der Waals surface area contributed by atoms with E-state index in [0.29, 0.717) is 61.4 Å². The molecule has 3 aromatic carbocycles. The third kappa shape index (κ3) is 7.39. The zero-order chi connectivity index (χ0) is 36.4. The molecule has 1 aliphatic heterocycles. The van der Waals surface area contributed by atoms with Crippen molar-refractivity contribution in [2.24, 2.45) is 4.99 Å². The molecule has 262 valence electrons. The van der Waals surface area contributed by atoms with Crippen molar-refractivity contribution in [1.82, 2.24) is 19.3 Å². The van der Waals surface area contributed by atoms with Gasteiger partial charge in [0.15, 0.2) is 15.8 Å². The van der Waals surface area contributed by atoms with Crippen LogP contribution < -0.4 is 19.6 Å². The Morgan fingerprint density at radius 3 is 2.55 bits per heavy atom. The minimum atomic E-state index is -0.836. The molecule has 6 rings (SSSR count). The number of ether oxygens (including phenoxy) is 2. The smallest absolute Gasteiger partial charge is 0.338 e. The van der Waals surface area contributed by atoms with Crippen molar-refractivity contribution in [3.63, 3.8) is 0 Å². The van der Waals surface area contributed by atoms with E-state index in [1.807, 2.05) is 42.7 Å². The van der Waals surface area contributed by atoms with Gasteiger partial charge in [0.05, 0.1) is 39.5 Å². The first kappa shape index (κ1) is 35.8. The maximum Gasteiger partial charge on any atom is 0.338 e. The second kappa shape index (κ2) is 15.1. The highest BCUT2D eigenvalue weighted by Crippen LogP contribution is 2.35. The lowest BCUT2D eigenvalue weighted by atomic mass is 9.96. The number of hydrogen-bond acceptors (Lipinski definition) is 11. The molecule has 0 saturated carbocycles. The molecule has 1 aliphatic rings. The number of nitro groups is 1. The summed E-state index contributed by atoms with van der Waals surface area (Å²) in [6.07, 6.45) is 1.22. The fourth-order valence-corrected chi connectivity index (χ4v) is 7.88. The molecule has 3 heterocycles. The van der Waals surface area contributed by atoms with Crippen LogP contribution in [0.3, 0.4) is 0 Å². The summed E-state index contributed by atoms with van der Waals surface area (Å²) in [5.41, 5.74) is 2.00. The van der Waals surface area contributed by atoms with E-state index in [1.54, 1.807) is 57.2 Å². The van der Waals surface area contributed by atoms with E-state index in [9.17, 15) is 19.7 Å². The number of hydrogen-bond donors (Lipinski definition) is 0. The van der Waals surface area contributed by atoms with Crippen molar-refractivity contribution in [1.29, 1.82) is 0 Å². The molecule has 0 N–H and O–H groups in total. The lowest BCUT2D eigenvalue weighted by Crippen LogP contribution is -2.40. The second-order valence-electron chi connectivity index (χ2n) is 11.7. The van der Waals surface area contributed by atoms with Gasteiger partial charge in [-0.05, 0) is 93.9 Å². The van der Waals surface area contributed by atoms with Gasteiger partial charge >= 0.3 is 5.97 Å². The van der Waals surface area contributed by atoms with E-state index in [1.165, 1.54) is 28.5 Å². The number of rotatable bonds is 11. The van der Waals surface area contributed by atoms with Gasteiger partial charge in [-0.1, -0.05) is 47.2 Å². The van der Waals surface area contributed by atoms with Gasteiger partial charge in [0.1, 0.15) is 5.75 Å². The first-order valence-electron chi connectivity index (χ1n) is 16.1. The zero-order valence-corrected chi connectivity index (χ0v) is 30.7. The van der Waals surface area contributed by atoms with Crippen molar-refractivity contribution >= 4 is 52.4 Å². The number of carbonyl (C=O) groups is 1. The number of nitro benzene ring substituents is 1. The molecule has 1 atom stereocenters. The van der Waals surface area contributed by atoms with Gasteiger partial charge in [-0.25, -0.2) is 9.79 Å². The van der Waals surface area contributed by atoms with Crippen molar-refractivity contribution in [3.8, 4) is 17.1 Å². The molecule has 12 nitrogen and oxygen atoms in total. The largest absolute Gasteiger partial charge is 0.494 e. The summed E-state index contributed by atoms with van der Waals surface area (Å²) < 4.78 is 14.9. The number of thiazole rings is 1. The first-order valence-corrected chi connectivity index (χ1v) is 18.1. The number of benzene rings is 3. The van der Waals surface area contributed by atoms with E-state index < -0.39 is 28.6 Å². The molecule has 15 heteroatoms. The molecular formula is C36H33ClN6O6S2. The van der Waals surface area contributed by atoms with E-state index >= 15 is 0 Å². The molecule has 0 unspecified atom stereocenters. The molecule has 5 aromatic rings. The summed E-state index contributed by atoms with van der Waals surface area (Å²) in [4.78, 5) is 44.9. The fourth-order valence-electron chi connectivity index (χ4n) is 5.67. The predicted molar refractivity (Wildman–Crippen MR) is 196 cm³/mol. The van der Waals surface area contributed by atoms with Crippen LogP contribution in [0.15, 0.2) is 97.8 Å². The van der Waals surface area contributed by atoms with Crippen LogP contribution in [0.4, 0.5) is 5.69 Å². The first-order chi connectivity index (χ1) is 24.5. The van der Waals surface area contributed by atoms with Crippen molar-refractivity contribution in [2.45, 2.75) is 63.4 Å². The Morgan fingerprint density at radius 2 is 1.88 bits per heavy atom. The number of carbonyl (C=O) groups excluding carboxylic acids is 1. The minimum Gasteiger partial charge on any atom is -0.494 e. The summed E-state index contributed by atoms with van der Waals surface area (Å²) >= 11 is 8.64. The van der Waals surface area contributed by atoms with E-state index in [2.05, 4.69) is 15.2 Å². The third-order valence-electron chi connectivity index (χ3n) is 7.90. The Balaban J connectivity index is 1.48. The summed E-state index contributed by atoms with van der Waals surface area (Å²) in [5, 5.41) is 21.8. The molecule has 0 amide bonds. The van der Waals surface area contributed by atoms with Gasteiger partial charge in [-0.3, -0.25) is 19.5 Å². The van der Waals surface area contributed by atoms with Gasteiger partial charge in [0, 0.05) is 34.2 Å². The molecule has 0 fully saturated rings. The van der Waals surface area contributed by atoms with Gasteiger partial charge in [-0.2, -0.15) is 0 Å². The SMILES string of the molecule is CCOc1ccc([C@H]2C(C(=O)OC(C)C)=C(C)N=c3s/c(=C\c4cc([N+](=O)[O-])ccc4Sc4nnc(-c5cccc(Cl)c5)n4CC)c(=O)n32)cc1. The molecule has 0 saturated heterocycles. The number of aromatic nitrogens is 4. The van der Waals surface area contributed by atoms with E-state index in [-0.39, 0.29) is 15.8 Å². The zero-order valence-electron chi connectivity index (χ0n) is 28.3. The highest BCUT2D eigenvalue weighted by Gasteiger charge is 2.34. The summed E-state index contributed by atoms with van der Waals surface area (Å²) in [7, 11) is 0. The molecule has 0 aliphatic carbocycles. The molecular weight excluding hydrogens is 712 g/mol. The molecule has 0 radical (unpaired) electrons. The fraction of sp³-hybridized carbons (Fsp3) is 0.250. The van der Waals surface area contributed by atoms with Crippen LogP contribution >= 0.6 is 34.7 Å². The standard InChI is InChI=1S/C36H33ClN6O6S2/c1-6-41-32(23-9-8-10-25(37)17-23)39-40-36(41)50-28-16-13-26(43(46)47)18-24(28)19-29-33(44)42-31(22-11-14-27(15-12-22)48-7-2)30(34(45)49-20(3)4)21(5)38-35(42)51-29/h8-20,31H,6-7H2,1-5H3/b29-19-/t31-/m0/s1. The summed E-state index contributed by atoms with van der Waals surface area (Å²) in [6.45, 7) is 10.1.